The lowest BCUT2D eigenvalue weighted by Gasteiger charge is -2.24. The number of urea groups is 1. The van der Waals surface area contributed by atoms with Crippen LogP contribution in [0.15, 0.2) is 12.7 Å². The molecule has 0 spiro atoms. The van der Waals surface area contributed by atoms with Gasteiger partial charge in [-0.05, 0) is 26.8 Å². The molecule has 1 aromatic rings. The maximum absolute atomic E-state index is 11.8. The summed E-state index contributed by atoms with van der Waals surface area (Å²) in [5.41, 5.74) is 0. The maximum atomic E-state index is 11.8. The molecule has 0 aliphatic heterocycles. The van der Waals surface area contributed by atoms with Gasteiger partial charge >= 0.3 is 6.03 Å². The van der Waals surface area contributed by atoms with Gasteiger partial charge in [-0.15, -0.1) is 0 Å². The summed E-state index contributed by atoms with van der Waals surface area (Å²) in [5, 5.41) is 9.83. The lowest BCUT2D eigenvalue weighted by atomic mass is 10.2. The summed E-state index contributed by atoms with van der Waals surface area (Å²) in [6.45, 7) is 4.14. The molecule has 1 aromatic heterocycles. The fourth-order valence-corrected chi connectivity index (χ4v) is 2.80. The summed E-state index contributed by atoms with van der Waals surface area (Å²) in [6, 6.07) is 0.586. The van der Waals surface area contributed by atoms with E-state index in [1.165, 1.54) is 32.0 Å². The van der Waals surface area contributed by atoms with Crippen molar-refractivity contribution in [2.24, 2.45) is 0 Å². The van der Waals surface area contributed by atoms with Crippen LogP contribution in [0.3, 0.4) is 0 Å². The second-order valence-electron chi connectivity index (χ2n) is 5.84. The molecule has 0 radical (unpaired) electrons. The number of carbonyl (C=O) groups is 1. The Morgan fingerprint density at radius 2 is 2.24 bits per heavy atom. The molecule has 7 heteroatoms. The van der Waals surface area contributed by atoms with Gasteiger partial charge in [0.2, 0.25) is 0 Å². The van der Waals surface area contributed by atoms with Crippen LogP contribution in [0.25, 0.3) is 0 Å². The van der Waals surface area contributed by atoms with Crippen LogP contribution in [-0.2, 0) is 6.54 Å². The van der Waals surface area contributed by atoms with Crippen molar-refractivity contribution in [3.63, 3.8) is 0 Å². The van der Waals surface area contributed by atoms with Crippen molar-refractivity contribution in [3.8, 4) is 0 Å². The van der Waals surface area contributed by atoms with Gasteiger partial charge in [0.15, 0.2) is 0 Å². The van der Waals surface area contributed by atoms with Crippen molar-refractivity contribution < 1.29 is 4.79 Å². The Bertz CT molecular complexity index is 415. The van der Waals surface area contributed by atoms with E-state index in [-0.39, 0.29) is 12.1 Å². The summed E-state index contributed by atoms with van der Waals surface area (Å²) in [5.74, 6) is 0. The van der Waals surface area contributed by atoms with Gasteiger partial charge in [-0.25, -0.2) is 9.78 Å². The van der Waals surface area contributed by atoms with Crippen LogP contribution in [0.2, 0.25) is 0 Å². The van der Waals surface area contributed by atoms with Crippen molar-refractivity contribution in [1.82, 2.24) is 30.3 Å². The number of carbonyl (C=O) groups excluding carboxylic acids is 1. The van der Waals surface area contributed by atoms with Crippen molar-refractivity contribution in [3.05, 3.63) is 12.7 Å². The predicted octanol–water partition coefficient (Wildman–Crippen LogP) is 0.840. The SMILES string of the molecule is C[C@H](Cn1cncn1)NC(=O)NCCN(C)C1CCCC1. The van der Waals surface area contributed by atoms with Crippen LogP contribution >= 0.6 is 0 Å². The fraction of sp³-hybridized carbons (Fsp3) is 0.786. The molecule has 1 saturated carbocycles. The van der Waals surface area contributed by atoms with Crippen molar-refractivity contribution >= 4 is 6.03 Å². The van der Waals surface area contributed by atoms with Gasteiger partial charge in [0.05, 0.1) is 6.54 Å². The van der Waals surface area contributed by atoms with Crippen molar-refractivity contribution in [2.75, 3.05) is 20.1 Å². The Morgan fingerprint density at radius 1 is 1.48 bits per heavy atom. The van der Waals surface area contributed by atoms with Gasteiger partial charge in [-0.3, -0.25) is 4.68 Å². The van der Waals surface area contributed by atoms with E-state index in [1.807, 2.05) is 6.92 Å². The minimum Gasteiger partial charge on any atom is -0.337 e. The van der Waals surface area contributed by atoms with E-state index >= 15 is 0 Å². The van der Waals surface area contributed by atoms with Crippen LogP contribution in [0, 0.1) is 0 Å². The Kier molecular flexibility index (Phi) is 5.98. The summed E-state index contributed by atoms with van der Waals surface area (Å²) in [6.07, 6.45) is 8.39. The third-order valence-corrected chi connectivity index (χ3v) is 4.00. The van der Waals surface area contributed by atoms with Gasteiger partial charge in [0, 0.05) is 25.2 Å². The third-order valence-electron chi connectivity index (χ3n) is 4.00. The van der Waals surface area contributed by atoms with E-state index in [9.17, 15) is 4.79 Å². The molecule has 21 heavy (non-hydrogen) atoms. The minimum absolute atomic E-state index is 0.0132. The van der Waals surface area contributed by atoms with E-state index in [0.717, 1.165) is 6.54 Å². The van der Waals surface area contributed by atoms with E-state index in [0.29, 0.717) is 19.1 Å². The first-order valence-electron chi connectivity index (χ1n) is 7.72. The Hall–Kier alpha value is -1.63. The molecule has 118 valence electrons. The molecule has 1 fully saturated rings. The molecule has 1 atom stereocenters. The van der Waals surface area contributed by atoms with Crippen molar-refractivity contribution in [2.45, 2.75) is 51.2 Å². The first-order chi connectivity index (χ1) is 10.1. The largest absolute Gasteiger partial charge is 0.337 e. The smallest absolute Gasteiger partial charge is 0.315 e. The number of rotatable bonds is 7. The zero-order valence-electron chi connectivity index (χ0n) is 13.0. The average molecular weight is 294 g/mol. The van der Waals surface area contributed by atoms with Crippen LogP contribution in [0.1, 0.15) is 32.6 Å². The topological polar surface area (TPSA) is 75.1 Å². The second kappa shape index (κ2) is 7.97. The van der Waals surface area contributed by atoms with E-state index in [1.54, 1.807) is 11.0 Å². The quantitative estimate of drug-likeness (QED) is 0.781. The van der Waals surface area contributed by atoms with Gasteiger partial charge in [0.1, 0.15) is 12.7 Å². The van der Waals surface area contributed by atoms with Crippen LogP contribution in [0.5, 0.6) is 0 Å². The van der Waals surface area contributed by atoms with E-state index in [4.69, 9.17) is 0 Å². The molecule has 0 bridgehead atoms. The highest BCUT2D eigenvalue weighted by Crippen LogP contribution is 2.21. The van der Waals surface area contributed by atoms with E-state index < -0.39 is 0 Å². The summed E-state index contributed by atoms with van der Waals surface area (Å²) >= 11 is 0. The zero-order valence-corrected chi connectivity index (χ0v) is 13.0. The highest BCUT2D eigenvalue weighted by molar-refractivity contribution is 5.74. The molecule has 2 amide bonds. The molecular weight excluding hydrogens is 268 g/mol. The summed E-state index contributed by atoms with van der Waals surface area (Å²) in [7, 11) is 2.14. The molecular formula is C14H26N6O. The average Bonchev–Trinajstić information content (AvgIpc) is 3.10. The molecule has 2 N–H and O–H groups in total. The zero-order chi connectivity index (χ0) is 15.1. The molecule has 0 aromatic carbocycles. The molecule has 7 nitrogen and oxygen atoms in total. The number of amides is 2. The standard InChI is InChI=1S/C14H26N6O/c1-12(9-20-11-15-10-17-20)18-14(21)16-7-8-19(2)13-5-3-4-6-13/h10-13H,3-9H2,1-2H3,(H2,16,18,21)/t12-/m1/s1. The first kappa shape index (κ1) is 15.8. The molecule has 0 unspecified atom stereocenters. The fourth-order valence-electron chi connectivity index (χ4n) is 2.80. The van der Waals surface area contributed by atoms with Crippen LogP contribution < -0.4 is 10.6 Å². The molecule has 1 aliphatic carbocycles. The van der Waals surface area contributed by atoms with E-state index in [2.05, 4.69) is 32.7 Å². The highest BCUT2D eigenvalue weighted by Gasteiger charge is 2.19. The number of nitrogens with one attached hydrogen (secondary N) is 2. The van der Waals surface area contributed by atoms with Gasteiger partial charge in [-0.2, -0.15) is 5.10 Å². The Morgan fingerprint density at radius 3 is 2.90 bits per heavy atom. The van der Waals surface area contributed by atoms with Crippen LogP contribution in [0.4, 0.5) is 4.79 Å². The predicted molar refractivity (Wildman–Crippen MR) is 80.9 cm³/mol. The molecule has 2 rings (SSSR count). The van der Waals surface area contributed by atoms with Crippen LogP contribution in [-0.4, -0.2) is 57.9 Å². The number of aromatic nitrogens is 3. The monoisotopic (exact) mass is 294 g/mol. The number of hydrogen-bond acceptors (Lipinski definition) is 4. The normalized spacial score (nSPS) is 17.1. The van der Waals surface area contributed by atoms with Gasteiger partial charge in [-0.1, -0.05) is 12.8 Å². The molecule has 0 saturated heterocycles. The van der Waals surface area contributed by atoms with Gasteiger partial charge in [0.25, 0.3) is 0 Å². The number of likely N-dealkylation sites (N-methyl/N-ethyl adjacent to an activating group) is 1. The van der Waals surface area contributed by atoms with Gasteiger partial charge < -0.3 is 15.5 Å². The Balaban J connectivity index is 1.58. The Labute approximate surface area is 126 Å². The maximum Gasteiger partial charge on any atom is 0.315 e. The summed E-state index contributed by atoms with van der Waals surface area (Å²) in [4.78, 5) is 18.0. The first-order valence-corrected chi connectivity index (χ1v) is 7.72. The minimum atomic E-state index is -0.123. The molecule has 1 aliphatic rings. The summed E-state index contributed by atoms with van der Waals surface area (Å²) < 4.78 is 1.71. The number of hydrogen-bond donors (Lipinski definition) is 2. The highest BCUT2D eigenvalue weighted by atomic mass is 16.2. The van der Waals surface area contributed by atoms with Crippen molar-refractivity contribution in [1.29, 1.82) is 0 Å². The number of nitrogens with zero attached hydrogens (tertiary/aromatic N) is 4. The lowest BCUT2D eigenvalue weighted by molar-refractivity contribution is 0.225. The third kappa shape index (κ3) is 5.34. The lowest BCUT2D eigenvalue weighted by Crippen LogP contribution is -2.45. The second-order valence-corrected chi connectivity index (χ2v) is 5.84. The molecule has 1 heterocycles.